The summed E-state index contributed by atoms with van der Waals surface area (Å²) in [4.78, 5) is 11.0. The Balaban J connectivity index is 2.32. The highest BCUT2D eigenvalue weighted by Gasteiger charge is 2.57. The van der Waals surface area contributed by atoms with E-state index in [0.29, 0.717) is 17.6 Å². The fourth-order valence-electron chi connectivity index (χ4n) is 2.16. The second kappa shape index (κ2) is 3.54. The van der Waals surface area contributed by atoms with Crippen molar-refractivity contribution in [1.82, 2.24) is 0 Å². The molecule has 0 N–H and O–H groups in total. The summed E-state index contributed by atoms with van der Waals surface area (Å²) in [6, 6.07) is 6.75. The zero-order valence-corrected chi connectivity index (χ0v) is 8.87. The number of carbonyl (C=O) groups is 1. The van der Waals surface area contributed by atoms with E-state index in [2.05, 4.69) is 0 Å². The predicted molar refractivity (Wildman–Crippen MR) is 54.9 cm³/mol. The van der Waals surface area contributed by atoms with Crippen LogP contribution < -0.4 is 4.74 Å². The van der Waals surface area contributed by atoms with Crippen LogP contribution in [0, 0.1) is 0 Å². The number of hydrogen-bond acceptors (Lipinski definition) is 2. The van der Waals surface area contributed by atoms with Crippen LogP contribution in [0.15, 0.2) is 24.3 Å². The van der Waals surface area contributed by atoms with Crippen LogP contribution in [0.1, 0.15) is 18.4 Å². The lowest BCUT2D eigenvalue weighted by Crippen LogP contribution is -2.50. The SMILES string of the molecule is COc1cccc(C2(C=O)CC(F)(F)C2)c1. The van der Waals surface area contributed by atoms with Gasteiger partial charge in [-0.25, -0.2) is 8.78 Å². The number of hydrogen-bond donors (Lipinski definition) is 0. The first-order valence-electron chi connectivity index (χ1n) is 5.00. The summed E-state index contributed by atoms with van der Waals surface area (Å²) in [6.45, 7) is 0. The Kier molecular flexibility index (Phi) is 2.45. The highest BCUT2D eigenvalue weighted by atomic mass is 19.3. The number of carbonyl (C=O) groups excluding carboxylic acids is 1. The van der Waals surface area contributed by atoms with Gasteiger partial charge in [-0.2, -0.15) is 0 Å². The zero-order valence-electron chi connectivity index (χ0n) is 8.87. The molecule has 1 fully saturated rings. The fraction of sp³-hybridized carbons (Fsp3) is 0.417. The molecule has 2 rings (SSSR count). The van der Waals surface area contributed by atoms with Gasteiger partial charge in [-0.3, -0.25) is 0 Å². The second-order valence-corrected chi connectivity index (χ2v) is 4.22. The van der Waals surface area contributed by atoms with Crippen molar-refractivity contribution in [3.05, 3.63) is 29.8 Å². The maximum atomic E-state index is 12.9. The van der Waals surface area contributed by atoms with Crippen molar-refractivity contribution in [3.63, 3.8) is 0 Å². The molecule has 0 radical (unpaired) electrons. The quantitative estimate of drug-likeness (QED) is 0.740. The topological polar surface area (TPSA) is 26.3 Å². The van der Waals surface area contributed by atoms with Crippen molar-refractivity contribution in [2.75, 3.05) is 7.11 Å². The molecule has 2 nitrogen and oxygen atoms in total. The van der Waals surface area contributed by atoms with E-state index in [1.807, 2.05) is 0 Å². The lowest BCUT2D eigenvalue weighted by molar-refractivity contribution is -0.146. The molecule has 86 valence electrons. The van der Waals surface area contributed by atoms with Crippen LogP contribution in [0.4, 0.5) is 8.78 Å². The van der Waals surface area contributed by atoms with Crippen LogP contribution >= 0.6 is 0 Å². The molecule has 0 unspecified atom stereocenters. The molecule has 1 aromatic rings. The summed E-state index contributed by atoms with van der Waals surface area (Å²) in [6.07, 6.45) is -0.188. The van der Waals surface area contributed by atoms with Gasteiger partial charge < -0.3 is 9.53 Å². The molecule has 0 heterocycles. The summed E-state index contributed by atoms with van der Waals surface area (Å²) in [7, 11) is 1.50. The molecule has 0 aromatic heterocycles. The van der Waals surface area contributed by atoms with Gasteiger partial charge in [0.1, 0.15) is 12.0 Å². The summed E-state index contributed by atoms with van der Waals surface area (Å²) in [5.74, 6) is -2.14. The van der Waals surface area contributed by atoms with Gasteiger partial charge in [0.15, 0.2) is 0 Å². The molecule has 0 saturated heterocycles. The predicted octanol–water partition coefficient (Wildman–Crippen LogP) is 2.56. The fourth-order valence-corrected chi connectivity index (χ4v) is 2.16. The molecule has 1 aromatic carbocycles. The molecule has 0 spiro atoms. The van der Waals surface area contributed by atoms with E-state index in [9.17, 15) is 13.6 Å². The molecule has 0 amide bonds. The van der Waals surface area contributed by atoms with E-state index in [-0.39, 0.29) is 0 Å². The molecule has 1 aliphatic rings. The summed E-state index contributed by atoms with van der Waals surface area (Å²) in [5, 5.41) is 0. The number of halogens is 2. The van der Waals surface area contributed by atoms with Gasteiger partial charge in [0.2, 0.25) is 0 Å². The Morgan fingerprint density at radius 2 is 2.06 bits per heavy atom. The van der Waals surface area contributed by atoms with Crippen molar-refractivity contribution in [2.45, 2.75) is 24.2 Å². The third-order valence-electron chi connectivity index (χ3n) is 3.02. The average Bonchev–Trinajstić information content (AvgIpc) is 2.25. The highest BCUT2D eigenvalue weighted by molar-refractivity contribution is 5.71. The van der Waals surface area contributed by atoms with Gasteiger partial charge in [0, 0.05) is 12.8 Å². The van der Waals surface area contributed by atoms with E-state index in [1.54, 1.807) is 24.3 Å². The van der Waals surface area contributed by atoms with Gasteiger partial charge >= 0.3 is 0 Å². The van der Waals surface area contributed by atoms with Crippen LogP contribution in [0.25, 0.3) is 0 Å². The maximum absolute atomic E-state index is 12.9. The normalized spacial score (nSPS) is 20.9. The molecule has 0 aliphatic heterocycles. The third kappa shape index (κ3) is 1.68. The van der Waals surface area contributed by atoms with Crippen LogP contribution in [0.2, 0.25) is 0 Å². The monoisotopic (exact) mass is 226 g/mol. The van der Waals surface area contributed by atoms with Gasteiger partial charge in [0.05, 0.1) is 12.5 Å². The molecule has 0 bridgehead atoms. The largest absolute Gasteiger partial charge is 0.497 e. The standard InChI is InChI=1S/C12H12F2O2/c1-16-10-4-2-3-9(5-10)11(8-15)6-12(13,14)7-11/h2-5,8H,6-7H2,1H3. The smallest absolute Gasteiger partial charge is 0.250 e. The van der Waals surface area contributed by atoms with Crippen molar-refractivity contribution in [2.24, 2.45) is 0 Å². The van der Waals surface area contributed by atoms with Crippen molar-refractivity contribution in [3.8, 4) is 5.75 Å². The molecule has 1 saturated carbocycles. The summed E-state index contributed by atoms with van der Waals surface area (Å²) in [5.41, 5.74) is -0.425. The van der Waals surface area contributed by atoms with E-state index in [4.69, 9.17) is 4.74 Å². The lowest BCUT2D eigenvalue weighted by atomic mass is 9.63. The van der Waals surface area contributed by atoms with Crippen LogP contribution in [-0.4, -0.2) is 19.3 Å². The Labute approximate surface area is 92.2 Å². The molecule has 4 heteroatoms. The Bertz CT molecular complexity index is 407. The molecular formula is C12H12F2O2. The minimum atomic E-state index is -2.72. The first kappa shape index (κ1) is 11.0. The lowest BCUT2D eigenvalue weighted by Gasteiger charge is -2.43. The number of aldehydes is 1. The van der Waals surface area contributed by atoms with Crippen LogP contribution in [0.5, 0.6) is 5.75 Å². The maximum Gasteiger partial charge on any atom is 0.250 e. The molecule has 16 heavy (non-hydrogen) atoms. The third-order valence-corrected chi connectivity index (χ3v) is 3.02. The Morgan fingerprint density at radius 1 is 1.38 bits per heavy atom. The van der Waals surface area contributed by atoms with Crippen molar-refractivity contribution < 1.29 is 18.3 Å². The van der Waals surface area contributed by atoms with Crippen LogP contribution in [-0.2, 0) is 10.2 Å². The van der Waals surface area contributed by atoms with Gasteiger partial charge in [-0.15, -0.1) is 0 Å². The number of alkyl halides is 2. The minimum absolute atomic E-state index is 0.406. The zero-order chi connectivity index (χ0) is 11.8. The van der Waals surface area contributed by atoms with Gasteiger partial charge in [-0.1, -0.05) is 12.1 Å². The molecule has 1 aliphatic carbocycles. The number of benzene rings is 1. The molecule has 0 atom stereocenters. The summed E-state index contributed by atoms with van der Waals surface area (Å²) < 4.78 is 30.8. The van der Waals surface area contributed by atoms with E-state index in [0.717, 1.165) is 0 Å². The first-order chi connectivity index (χ1) is 7.51. The first-order valence-corrected chi connectivity index (χ1v) is 5.00. The number of ether oxygens (including phenoxy) is 1. The second-order valence-electron chi connectivity index (χ2n) is 4.22. The Hall–Kier alpha value is -1.45. The Morgan fingerprint density at radius 3 is 2.56 bits per heavy atom. The summed E-state index contributed by atoms with van der Waals surface area (Å²) >= 11 is 0. The number of rotatable bonds is 3. The number of methoxy groups -OCH3 is 1. The van der Waals surface area contributed by atoms with E-state index < -0.39 is 24.2 Å². The average molecular weight is 226 g/mol. The van der Waals surface area contributed by atoms with Crippen molar-refractivity contribution >= 4 is 6.29 Å². The van der Waals surface area contributed by atoms with Crippen molar-refractivity contribution in [1.29, 1.82) is 0 Å². The van der Waals surface area contributed by atoms with Crippen LogP contribution in [0.3, 0.4) is 0 Å². The van der Waals surface area contributed by atoms with Gasteiger partial charge in [-0.05, 0) is 17.7 Å². The molecular weight excluding hydrogens is 214 g/mol. The minimum Gasteiger partial charge on any atom is -0.497 e. The highest BCUT2D eigenvalue weighted by Crippen LogP contribution is 2.52. The van der Waals surface area contributed by atoms with E-state index >= 15 is 0 Å². The van der Waals surface area contributed by atoms with Gasteiger partial charge in [0.25, 0.3) is 5.92 Å². The van der Waals surface area contributed by atoms with E-state index in [1.165, 1.54) is 7.11 Å².